The molecule has 6 heteroatoms. The number of nitrogens with one attached hydrogen (secondary N) is 1. The van der Waals surface area contributed by atoms with E-state index in [4.69, 9.17) is 4.52 Å². The molecule has 3 rings (SSSR count). The zero-order chi connectivity index (χ0) is 14.8. The summed E-state index contributed by atoms with van der Waals surface area (Å²) in [6, 6.07) is 0.690. The van der Waals surface area contributed by atoms with Crippen LogP contribution in [0.25, 0.3) is 0 Å². The minimum atomic E-state index is 0.218. The number of hydrogen-bond acceptors (Lipinski definition) is 5. The van der Waals surface area contributed by atoms with Gasteiger partial charge in [0.15, 0.2) is 5.82 Å². The van der Waals surface area contributed by atoms with E-state index >= 15 is 0 Å². The van der Waals surface area contributed by atoms with E-state index in [9.17, 15) is 4.79 Å². The van der Waals surface area contributed by atoms with Crippen molar-refractivity contribution >= 4 is 11.9 Å². The van der Waals surface area contributed by atoms with Crippen molar-refractivity contribution in [2.45, 2.75) is 57.9 Å². The summed E-state index contributed by atoms with van der Waals surface area (Å²) in [7, 11) is 0. The zero-order valence-electron chi connectivity index (χ0n) is 12.8. The maximum Gasteiger partial charge on any atom is 0.321 e. The van der Waals surface area contributed by atoms with Crippen LogP contribution in [0.15, 0.2) is 4.52 Å². The maximum atomic E-state index is 12.4. The highest BCUT2D eigenvalue weighted by molar-refractivity contribution is 5.79. The Kier molecular flexibility index (Phi) is 4.12. The van der Waals surface area contributed by atoms with Gasteiger partial charge in [-0.25, -0.2) is 0 Å². The van der Waals surface area contributed by atoms with Crippen molar-refractivity contribution < 1.29 is 9.32 Å². The number of carbonyl (C=O) groups excluding carboxylic acids is 1. The van der Waals surface area contributed by atoms with Gasteiger partial charge in [-0.2, -0.15) is 4.98 Å². The number of rotatable bonds is 4. The Morgan fingerprint density at radius 2 is 2.10 bits per heavy atom. The molecule has 0 bridgehead atoms. The highest BCUT2D eigenvalue weighted by Crippen LogP contribution is 2.28. The number of nitrogens with zero attached hydrogens (tertiary/aromatic N) is 3. The smallest absolute Gasteiger partial charge is 0.321 e. The molecule has 1 saturated carbocycles. The predicted molar refractivity (Wildman–Crippen MR) is 79.0 cm³/mol. The van der Waals surface area contributed by atoms with Crippen LogP contribution in [-0.2, 0) is 4.79 Å². The van der Waals surface area contributed by atoms with Crippen molar-refractivity contribution in [1.82, 2.24) is 15.0 Å². The van der Waals surface area contributed by atoms with Crippen molar-refractivity contribution in [3.05, 3.63) is 5.82 Å². The molecular weight excluding hydrogens is 268 g/mol. The fourth-order valence-electron chi connectivity index (χ4n) is 3.21. The molecule has 1 N–H and O–H groups in total. The second-order valence-electron chi connectivity index (χ2n) is 6.51. The van der Waals surface area contributed by atoms with Crippen LogP contribution in [0.3, 0.4) is 0 Å². The van der Waals surface area contributed by atoms with Gasteiger partial charge in [0.2, 0.25) is 5.91 Å². The summed E-state index contributed by atoms with van der Waals surface area (Å²) in [5.74, 6) is 1.58. The van der Waals surface area contributed by atoms with E-state index in [1.165, 1.54) is 12.8 Å². The van der Waals surface area contributed by atoms with Gasteiger partial charge in [-0.05, 0) is 19.3 Å². The fourth-order valence-corrected chi connectivity index (χ4v) is 3.21. The minimum absolute atomic E-state index is 0.218. The Morgan fingerprint density at radius 1 is 1.33 bits per heavy atom. The molecule has 2 fully saturated rings. The van der Waals surface area contributed by atoms with Gasteiger partial charge in [-0.1, -0.05) is 31.8 Å². The van der Waals surface area contributed by atoms with E-state index in [0.29, 0.717) is 11.9 Å². The molecule has 2 heterocycles. The fraction of sp³-hybridized carbons (Fsp3) is 0.800. The Labute approximate surface area is 125 Å². The van der Waals surface area contributed by atoms with E-state index in [1.54, 1.807) is 0 Å². The molecule has 1 aromatic heterocycles. The van der Waals surface area contributed by atoms with Crippen LogP contribution in [0.4, 0.5) is 6.01 Å². The highest BCUT2D eigenvalue weighted by atomic mass is 16.5. The van der Waals surface area contributed by atoms with Crippen LogP contribution in [0.2, 0.25) is 0 Å². The summed E-state index contributed by atoms with van der Waals surface area (Å²) < 4.78 is 5.21. The van der Waals surface area contributed by atoms with Gasteiger partial charge in [-0.3, -0.25) is 4.79 Å². The van der Waals surface area contributed by atoms with Gasteiger partial charge in [0.1, 0.15) is 0 Å². The first-order valence-electron chi connectivity index (χ1n) is 8.02. The molecule has 1 aliphatic carbocycles. The highest BCUT2D eigenvalue weighted by Gasteiger charge is 2.32. The average molecular weight is 292 g/mol. The topological polar surface area (TPSA) is 71.3 Å². The SMILES string of the molecule is CC(C)c1noc(NC2CCN(C(=O)C3CCCC3)C2)n1. The summed E-state index contributed by atoms with van der Waals surface area (Å²) in [6.07, 6.45) is 5.47. The number of likely N-dealkylation sites (tertiary alicyclic amines) is 1. The van der Waals surface area contributed by atoms with Gasteiger partial charge in [0, 0.05) is 31.0 Å². The monoisotopic (exact) mass is 292 g/mol. The molecule has 6 nitrogen and oxygen atoms in total. The summed E-state index contributed by atoms with van der Waals surface area (Å²) in [5, 5.41) is 7.20. The molecule has 1 aromatic rings. The normalized spacial score (nSPS) is 23.2. The van der Waals surface area contributed by atoms with Crippen LogP contribution in [0, 0.1) is 5.92 Å². The molecule has 1 aliphatic heterocycles. The molecule has 1 atom stereocenters. The summed E-state index contributed by atoms with van der Waals surface area (Å²) in [4.78, 5) is 18.7. The van der Waals surface area contributed by atoms with Gasteiger partial charge in [-0.15, -0.1) is 0 Å². The molecule has 2 aliphatic rings. The molecule has 1 saturated heterocycles. The van der Waals surface area contributed by atoms with Crippen LogP contribution in [-0.4, -0.2) is 40.1 Å². The van der Waals surface area contributed by atoms with E-state index in [1.807, 2.05) is 18.7 Å². The lowest BCUT2D eigenvalue weighted by Gasteiger charge is -2.20. The number of carbonyl (C=O) groups is 1. The van der Waals surface area contributed by atoms with Gasteiger partial charge >= 0.3 is 6.01 Å². The first-order valence-corrected chi connectivity index (χ1v) is 8.02. The molecule has 1 amide bonds. The quantitative estimate of drug-likeness (QED) is 0.922. The number of amides is 1. The van der Waals surface area contributed by atoms with Crippen LogP contribution in [0.1, 0.15) is 57.7 Å². The summed E-state index contributed by atoms with van der Waals surface area (Å²) in [5.41, 5.74) is 0. The molecule has 0 spiro atoms. The largest absolute Gasteiger partial charge is 0.340 e. The van der Waals surface area contributed by atoms with Crippen molar-refractivity contribution in [3.8, 4) is 0 Å². The summed E-state index contributed by atoms with van der Waals surface area (Å²) >= 11 is 0. The first-order chi connectivity index (χ1) is 10.1. The van der Waals surface area contributed by atoms with Crippen LogP contribution >= 0.6 is 0 Å². The average Bonchev–Trinajstić information content (AvgIpc) is 3.20. The zero-order valence-corrected chi connectivity index (χ0v) is 12.8. The molecule has 0 aromatic carbocycles. The van der Waals surface area contributed by atoms with Crippen molar-refractivity contribution in [1.29, 1.82) is 0 Å². The Bertz CT molecular complexity index is 494. The standard InChI is InChI=1S/C15H24N4O2/c1-10(2)13-17-15(21-18-13)16-12-7-8-19(9-12)14(20)11-5-3-4-6-11/h10-12H,3-9H2,1-2H3,(H,16,17,18). The van der Waals surface area contributed by atoms with Gasteiger partial charge in [0.25, 0.3) is 0 Å². The second kappa shape index (κ2) is 6.03. The van der Waals surface area contributed by atoms with Crippen molar-refractivity contribution in [2.24, 2.45) is 5.92 Å². The minimum Gasteiger partial charge on any atom is -0.340 e. The van der Waals surface area contributed by atoms with Crippen LogP contribution in [0.5, 0.6) is 0 Å². The van der Waals surface area contributed by atoms with E-state index in [0.717, 1.165) is 38.2 Å². The first kappa shape index (κ1) is 14.4. The Hall–Kier alpha value is -1.59. The molecule has 116 valence electrons. The number of hydrogen-bond donors (Lipinski definition) is 1. The van der Waals surface area contributed by atoms with Gasteiger partial charge in [0.05, 0.1) is 0 Å². The van der Waals surface area contributed by atoms with E-state index in [2.05, 4.69) is 15.5 Å². The van der Waals surface area contributed by atoms with Crippen LogP contribution < -0.4 is 5.32 Å². The maximum absolute atomic E-state index is 12.4. The Balaban J connectivity index is 1.53. The second-order valence-corrected chi connectivity index (χ2v) is 6.51. The third-order valence-corrected chi connectivity index (χ3v) is 4.49. The van der Waals surface area contributed by atoms with E-state index in [-0.39, 0.29) is 17.9 Å². The van der Waals surface area contributed by atoms with Gasteiger partial charge < -0.3 is 14.7 Å². The molecule has 1 unspecified atom stereocenters. The lowest BCUT2D eigenvalue weighted by atomic mass is 10.1. The third kappa shape index (κ3) is 3.19. The van der Waals surface area contributed by atoms with Crippen molar-refractivity contribution in [3.63, 3.8) is 0 Å². The third-order valence-electron chi connectivity index (χ3n) is 4.49. The lowest BCUT2D eigenvalue weighted by Crippen LogP contribution is -2.35. The number of anilines is 1. The van der Waals surface area contributed by atoms with E-state index < -0.39 is 0 Å². The van der Waals surface area contributed by atoms with Crippen molar-refractivity contribution in [2.75, 3.05) is 18.4 Å². The lowest BCUT2D eigenvalue weighted by molar-refractivity contribution is -0.134. The Morgan fingerprint density at radius 3 is 2.76 bits per heavy atom. The summed E-state index contributed by atoms with van der Waals surface area (Å²) in [6.45, 7) is 5.64. The molecule has 21 heavy (non-hydrogen) atoms. The predicted octanol–water partition coefficient (Wildman–Crippen LogP) is 2.40. The number of aromatic nitrogens is 2. The molecule has 0 radical (unpaired) electrons. The molecular formula is C15H24N4O2.